The Morgan fingerprint density at radius 2 is 1.87 bits per heavy atom. The van der Waals surface area contributed by atoms with Crippen molar-refractivity contribution in [3.8, 4) is 0 Å². The summed E-state index contributed by atoms with van der Waals surface area (Å²) < 4.78 is 9.27. The lowest BCUT2D eigenvalue weighted by molar-refractivity contribution is -0.674. The van der Waals surface area contributed by atoms with Crippen molar-refractivity contribution in [1.29, 1.82) is 0 Å². The predicted molar refractivity (Wildman–Crippen MR) is 121 cm³/mol. The molecule has 3 rings (SSSR count). The topological polar surface area (TPSA) is 64.2 Å². The monoisotopic (exact) mass is 422 g/mol. The number of aryl methyl sites for hydroxylation is 2. The number of hydrogen-bond donors (Lipinski definition) is 1. The largest absolute Gasteiger partial charge is 0.462 e. The van der Waals surface area contributed by atoms with E-state index in [1.54, 1.807) is 13.0 Å². The van der Waals surface area contributed by atoms with Gasteiger partial charge in [0.1, 0.15) is 0 Å². The van der Waals surface area contributed by atoms with Crippen molar-refractivity contribution in [3.63, 3.8) is 0 Å². The SMILES string of the molecule is CCOC(=O)c1ccc2c(c1)n(CC(=O)N[C@H](C)CCc1ccccc1)c(C)[n+]2CC. The van der Waals surface area contributed by atoms with Crippen LogP contribution in [0.4, 0.5) is 0 Å². The van der Waals surface area contributed by atoms with Gasteiger partial charge in [0.15, 0.2) is 17.6 Å². The molecule has 1 aromatic heterocycles. The number of nitrogens with one attached hydrogen (secondary N) is 1. The van der Waals surface area contributed by atoms with E-state index in [0.29, 0.717) is 12.2 Å². The highest BCUT2D eigenvalue weighted by Crippen LogP contribution is 2.18. The second-order valence-corrected chi connectivity index (χ2v) is 7.79. The van der Waals surface area contributed by atoms with Gasteiger partial charge in [-0.15, -0.1) is 0 Å². The fourth-order valence-electron chi connectivity index (χ4n) is 3.97. The third-order valence-corrected chi connectivity index (χ3v) is 5.58. The van der Waals surface area contributed by atoms with E-state index in [1.807, 2.05) is 48.7 Å². The summed E-state index contributed by atoms with van der Waals surface area (Å²) in [5.74, 6) is 0.591. The first kappa shape index (κ1) is 22.5. The molecule has 0 aliphatic rings. The van der Waals surface area contributed by atoms with E-state index < -0.39 is 0 Å². The van der Waals surface area contributed by atoms with Crippen LogP contribution in [0.1, 0.15) is 48.9 Å². The molecule has 1 N–H and O–H groups in total. The number of rotatable bonds is 9. The zero-order valence-corrected chi connectivity index (χ0v) is 18.9. The number of hydrogen-bond acceptors (Lipinski definition) is 3. The highest BCUT2D eigenvalue weighted by molar-refractivity contribution is 5.93. The fourth-order valence-corrected chi connectivity index (χ4v) is 3.97. The first-order valence-electron chi connectivity index (χ1n) is 11.0. The first-order valence-corrected chi connectivity index (χ1v) is 11.0. The Kier molecular flexibility index (Phi) is 7.45. The van der Waals surface area contributed by atoms with Crippen LogP contribution in [0.5, 0.6) is 0 Å². The number of fused-ring (bicyclic) bond motifs is 1. The smallest absolute Gasteiger partial charge is 0.338 e. The van der Waals surface area contributed by atoms with E-state index in [2.05, 4.69) is 28.9 Å². The number of aromatic nitrogens is 2. The molecule has 1 amide bonds. The highest BCUT2D eigenvalue weighted by Gasteiger charge is 2.24. The number of benzene rings is 2. The molecule has 0 bridgehead atoms. The van der Waals surface area contributed by atoms with Gasteiger partial charge < -0.3 is 10.1 Å². The molecule has 0 aliphatic carbocycles. The molecule has 0 spiro atoms. The van der Waals surface area contributed by atoms with Crippen molar-refractivity contribution in [2.75, 3.05) is 6.61 Å². The van der Waals surface area contributed by atoms with Gasteiger partial charge in [0.2, 0.25) is 0 Å². The molecule has 1 heterocycles. The number of carbonyl (C=O) groups is 2. The summed E-state index contributed by atoms with van der Waals surface area (Å²) in [5, 5.41) is 3.11. The normalized spacial score (nSPS) is 12.0. The Morgan fingerprint density at radius 3 is 2.55 bits per heavy atom. The standard InChI is InChI=1S/C25H31N3O3/c1-5-27-19(4)28(23-16-21(14-15-22(23)27)25(30)31-6-2)17-24(29)26-18(3)12-13-20-10-8-7-9-11-20/h7-11,14-16,18H,5-6,12-13,17H2,1-4H3/p+1/t18-/m1/s1. The summed E-state index contributed by atoms with van der Waals surface area (Å²) in [6.07, 6.45) is 1.80. The Hall–Kier alpha value is -3.15. The number of imidazole rings is 1. The van der Waals surface area contributed by atoms with Gasteiger partial charge in [-0.25, -0.2) is 13.9 Å². The molecule has 0 saturated carbocycles. The first-order chi connectivity index (χ1) is 14.9. The van der Waals surface area contributed by atoms with E-state index >= 15 is 0 Å². The van der Waals surface area contributed by atoms with Gasteiger partial charge in [-0.3, -0.25) is 4.79 Å². The Labute approximate surface area is 183 Å². The maximum atomic E-state index is 12.8. The minimum Gasteiger partial charge on any atom is -0.462 e. The van der Waals surface area contributed by atoms with Crippen LogP contribution in [0.2, 0.25) is 0 Å². The van der Waals surface area contributed by atoms with Crippen LogP contribution in [0, 0.1) is 6.92 Å². The molecule has 0 aliphatic heterocycles. The van der Waals surface area contributed by atoms with Crippen LogP contribution in [0.25, 0.3) is 11.0 Å². The number of esters is 1. The molecule has 6 heteroatoms. The van der Waals surface area contributed by atoms with Gasteiger partial charge in [-0.1, -0.05) is 30.3 Å². The molecule has 1 atom stereocenters. The lowest BCUT2D eigenvalue weighted by atomic mass is 10.1. The van der Waals surface area contributed by atoms with Crippen molar-refractivity contribution in [1.82, 2.24) is 9.88 Å². The molecule has 31 heavy (non-hydrogen) atoms. The number of carbonyl (C=O) groups excluding carboxylic acids is 2. The summed E-state index contributed by atoms with van der Waals surface area (Å²) in [6, 6.07) is 15.9. The van der Waals surface area contributed by atoms with Crippen molar-refractivity contribution < 1.29 is 18.9 Å². The minimum atomic E-state index is -0.350. The van der Waals surface area contributed by atoms with Crippen LogP contribution in [-0.4, -0.2) is 29.1 Å². The maximum absolute atomic E-state index is 12.8. The number of ether oxygens (including phenoxy) is 1. The molecule has 0 fully saturated rings. The summed E-state index contributed by atoms with van der Waals surface area (Å²) in [7, 11) is 0. The third kappa shape index (κ3) is 5.32. The fraction of sp³-hybridized carbons (Fsp3) is 0.400. The molecule has 3 aromatic rings. The molecular formula is C25H32N3O3+. The van der Waals surface area contributed by atoms with Crippen molar-refractivity contribution >= 4 is 22.9 Å². The Bertz CT molecular complexity index is 1060. The molecule has 6 nitrogen and oxygen atoms in total. The molecule has 0 unspecified atom stereocenters. The zero-order valence-electron chi connectivity index (χ0n) is 18.9. The quantitative estimate of drug-likeness (QED) is 0.424. The highest BCUT2D eigenvalue weighted by atomic mass is 16.5. The zero-order chi connectivity index (χ0) is 22.4. The second-order valence-electron chi connectivity index (χ2n) is 7.79. The van der Waals surface area contributed by atoms with Crippen molar-refractivity contribution in [2.45, 2.75) is 59.7 Å². The molecule has 164 valence electrons. The summed E-state index contributed by atoms with van der Waals surface area (Å²) in [5.41, 5.74) is 3.62. The summed E-state index contributed by atoms with van der Waals surface area (Å²) in [6.45, 7) is 9.21. The summed E-state index contributed by atoms with van der Waals surface area (Å²) >= 11 is 0. The number of amides is 1. The molecule has 0 saturated heterocycles. The van der Waals surface area contributed by atoms with Gasteiger partial charge >= 0.3 is 5.97 Å². The van der Waals surface area contributed by atoms with Crippen LogP contribution in [-0.2, 0) is 29.0 Å². The van der Waals surface area contributed by atoms with Crippen LogP contribution < -0.4 is 9.88 Å². The maximum Gasteiger partial charge on any atom is 0.338 e. The van der Waals surface area contributed by atoms with Crippen LogP contribution >= 0.6 is 0 Å². The number of nitrogens with zero attached hydrogens (tertiary/aromatic N) is 2. The average molecular weight is 423 g/mol. The van der Waals surface area contributed by atoms with E-state index in [-0.39, 0.29) is 24.5 Å². The second kappa shape index (κ2) is 10.2. The third-order valence-electron chi connectivity index (χ3n) is 5.58. The molecule has 0 radical (unpaired) electrons. The van der Waals surface area contributed by atoms with Crippen molar-refractivity contribution in [2.24, 2.45) is 0 Å². The van der Waals surface area contributed by atoms with Gasteiger partial charge in [-0.05, 0) is 51.3 Å². The van der Waals surface area contributed by atoms with Gasteiger partial charge in [0, 0.05) is 19.0 Å². The molecular weight excluding hydrogens is 390 g/mol. The van der Waals surface area contributed by atoms with E-state index in [0.717, 1.165) is 36.2 Å². The van der Waals surface area contributed by atoms with Crippen molar-refractivity contribution in [3.05, 3.63) is 65.5 Å². The lowest BCUT2D eigenvalue weighted by Gasteiger charge is -2.13. The lowest BCUT2D eigenvalue weighted by Crippen LogP contribution is -2.38. The van der Waals surface area contributed by atoms with E-state index in [4.69, 9.17) is 4.74 Å². The minimum absolute atomic E-state index is 0.0367. The van der Waals surface area contributed by atoms with E-state index in [1.165, 1.54) is 5.56 Å². The van der Waals surface area contributed by atoms with Gasteiger partial charge in [0.25, 0.3) is 11.7 Å². The van der Waals surface area contributed by atoms with E-state index in [9.17, 15) is 9.59 Å². The average Bonchev–Trinajstić information content (AvgIpc) is 3.03. The van der Waals surface area contributed by atoms with Crippen LogP contribution in [0.15, 0.2) is 48.5 Å². The van der Waals surface area contributed by atoms with Gasteiger partial charge in [-0.2, -0.15) is 0 Å². The predicted octanol–water partition coefficient (Wildman–Crippen LogP) is 3.57. The Morgan fingerprint density at radius 1 is 1.13 bits per heavy atom. The van der Waals surface area contributed by atoms with Gasteiger partial charge in [0.05, 0.1) is 18.7 Å². The molecule has 2 aromatic carbocycles. The summed E-state index contributed by atoms with van der Waals surface area (Å²) in [4.78, 5) is 25.0. The van der Waals surface area contributed by atoms with Crippen LogP contribution in [0.3, 0.4) is 0 Å². The Balaban J connectivity index is 1.75.